The van der Waals surface area contributed by atoms with Gasteiger partial charge < -0.3 is 25.3 Å². The zero-order valence-corrected chi connectivity index (χ0v) is 24.5. The first-order valence-corrected chi connectivity index (χ1v) is 15.2. The van der Waals surface area contributed by atoms with E-state index in [1.165, 1.54) is 6.92 Å². The highest BCUT2D eigenvalue weighted by molar-refractivity contribution is 8.05. The number of aromatic nitrogens is 2. The third-order valence-electron chi connectivity index (χ3n) is 7.01. The molecule has 1 saturated heterocycles. The molecule has 0 radical (unpaired) electrons. The van der Waals surface area contributed by atoms with Gasteiger partial charge in [-0.1, -0.05) is 41.7 Å². The second kappa shape index (κ2) is 12.0. The van der Waals surface area contributed by atoms with Gasteiger partial charge in [-0.3, -0.25) is 14.6 Å². The Kier molecular flexibility index (Phi) is 8.04. The first-order chi connectivity index (χ1) is 19.9. The summed E-state index contributed by atoms with van der Waals surface area (Å²) in [7, 11) is 0. The van der Waals surface area contributed by atoms with Crippen molar-refractivity contribution in [3.8, 4) is 11.3 Å². The van der Waals surface area contributed by atoms with Gasteiger partial charge in [0.25, 0.3) is 0 Å². The van der Waals surface area contributed by atoms with Crippen LogP contribution in [0.25, 0.3) is 11.3 Å². The molecule has 10 heteroatoms. The summed E-state index contributed by atoms with van der Waals surface area (Å²) in [5.41, 5.74) is 5.41. The average molecular weight is 586 g/mol. The highest BCUT2D eigenvalue weighted by atomic mass is 32.2. The molecule has 0 aliphatic carbocycles. The maximum atomic E-state index is 12.7. The number of hydrogen-bond donors (Lipinski definition) is 3. The number of rotatable bonds is 7. The summed E-state index contributed by atoms with van der Waals surface area (Å²) in [6.45, 7) is 6.79. The van der Waals surface area contributed by atoms with Crippen LogP contribution in [0.2, 0.25) is 0 Å². The molecule has 4 aromatic rings. The van der Waals surface area contributed by atoms with E-state index in [9.17, 15) is 9.59 Å². The fourth-order valence-corrected chi connectivity index (χ4v) is 7.43. The predicted molar refractivity (Wildman–Crippen MR) is 164 cm³/mol. The molecule has 210 valence electrons. The van der Waals surface area contributed by atoms with Crippen LogP contribution in [0, 0.1) is 6.92 Å². The van der Waals surface area contributed by atoms with Crippen molar-refractivity contribution in [2.45, 2.75) is 39.5 Å². The number of H-pyrrole nitrogens is 1. The Morgan fingerprint density at radius 3 is 2.66 bits per heavy atom. The number of nitrogens with one attached hydrogen (secondary N) is 3. The number of ether oxygens (including phenoxy) is 1. The quantitative estimate of drug-likeness (QED) is 0.231. The standard InChI is InChI=1S/C31H31N5O3S2/c1-19-5-3-7-24(33-19)26(18-32-20(2)37)34-21-9-10-27-29(15-21)40-28-8-4-6-23(31(28)41-27)25-16-22(17-30(38)35-25)36-11-13-39-14-12-36/h3-10,15-17,26,34H,11-14,18H2,1-2H3,(H,32,37)(H,35,38). The Hall–Kier alpha value is -3.73. The number of carbonyl (C=O) groups excluding carboxylic acids is 1. The molecule has 8 nitrogen and oxygen atoms in total. The van der Waals surface area contributed by atoms with E-state index in [0.29, 0.717) is 19.8 Å². The number of fused-ring (bicyclic) bond motifs is 2. The van der Waals surface area contributed by atoms with Crippen molar-refractivity contribution in [2.75, 3.05) is 43.1 Å². The number of nitrogens with zero attached hydrogens (tertiary/aromatic N) is 2. The fraction of sp³-hybridized carbons (Fsp3) is 0.258. The van der Waals surface area contributed by atoms with Gasteiger partial charge in [0, 0.05) is 74.8 Å². The molecule has 1 amide bonds. The number of anilines is 2. The van der Waals surface area contributed by atoms with E-state index in [1.54, 1.807) is 29.6 Å². The minimum absolute atomic E-state index is 0.0777. The Balaban J connectivity index is 1.27. The molecular formula is C31H31N5O3S2. The number of morpholine rings is 1. The molecule has 2 aromatic heterocycles. The molecule has 0 saturated carbocycles. The predicted octanol–water partition coefficient (Wildman–Crippen LogP) is 5.49. The van der Waals surface area contributed by atoms with E-state index in [-0.39, 0.29) is 17.5 Å². The number of aryl methyl sites for hydroxylation is 1. The maximum absolute atomic E-state index is 12.7. The summed E-state index contributed by atoms with van der Waals surface area (Å²) in [5.74, 6) is -0.0777. The number of benzene rings is 2. The van der Waals surface area contributed by atoms with Gasteiger partial charge in [0.05, 0.1) is 30.6 Å². The Bertz CT molecular complexity index is 1650. The lowest BCUT2D eigenvalue weighted by Gasteiger charge is -2.29. The lowest BCUT2D eigenvalue weighted by molar-refractivity contribution is -0.119. The minimum Gasteiger partial charge on any atom is -0.378 e. The summed E-state index contributed by atoms with van der Waals surface area (Å²) in [4.78, 5) is 38.9. The second-order valence-corrected chi connectivity index (χ2v) is 12.2. The van der Waals surface area contributed by atoms with Gasteiger partial charge in [-0.25, -0.2) is 0 Å². The molecule has 2 aliphatic rings. The number of pyridine rings is 2. The van der Waals surface area contributed by atoms with Crippen LogP contribution in [0.4, 0.5) is 11.4 Å². The molecule has 1 fully saturated rings. The molecule has 4 heterocycles. The van der Waals surface area contributed by atoms with E-state index in [4.69, 9.17) is 4.74 Å². The van der Waals surface area contributed by atoms with Crippen molar-refractivity contribution < 1.29 is 9.53 Å². The molecule has 0 bridgehead atoms. The highest BCUT2D eigenvalue weighted by Gasteiger charge is 2.23. The van der Waals surface area contributed by atoms with Crippen LogP contribution < -0.4 is 21.1 Å². The normalized spacial score (nSPS) is 15.0. The van der Waals surface area contributed by atoms with Crippen LogP contribution in [-0.4, -0.2) is 48.7 Å². The second-order valence-electron chi connectivity index (χ2n) is 10.1. The van der Waals surface area contributed by atoms with Crippen LogP contribution in [0.3, 0.4) is 0 Å². The van der Waals surface area contributed by atoms with E-state index in [2.05, 4.69) is 61.9 Å². The van der Waals surface area contributed by atoms with Crippen molar-refractivity contribution in [1.82, 2.24) is 15.3 Å². The summed E-state index contributed by atoms with van der Waals surface area (Å²) >= 11 is 3.44. The molecular weight excluding hydrogens is 555 g/mol. The van der Waals surface area contributed by atoms with Gasteiger partial charge in [0.2, 0.25) is 11.5 Å². The van der Waals surface area contributed by atoms with Crippen LogP contribution in [0.15, 0.2) is 91.1 Å². The van der Waals surface area contributed by atoms with Crippen LogP contribution >= 0.6 is 23.5 Å². The lowest BCUT2D eigenvalue weighted by Crippen LogP contribution is -2.36. The lowest BCUT2D eigenvalue weighted by atomic mass is 10.1. The highest BCUT2D eigenvalue weighted by Crippen LogP contribution is 2.52. The summed E-state index contributed by atoms with van der Waals surface area (Å²) in [6.07, 6.45) is 0. The summed E-state index contributed by atoms with van der Waals surface area (Å²) in [6, 6.07) is 22.1. The average Bonchev–Trinajstić information content (AvgIpc) is 2.98. The van der Waals surface area contributed by atoms with Crippen molar-refractivity contribution in [3.63, 3.8) is 0 Å². The largest absolute Gasteiger partial charge is 0.378 e. The first kappa shape index (κ1) is 27.4. The topological polar surface area (TPSA) is 99.4 Å². The Morgan fingerprint density at radius 1 is 1.02 bits per heavy atom. The van der Waals surface area contributed by atoms with Gasteiger partial charge in [0.1, 0.15) is 0 Å². The first-order valence-electron chi connectivity index (χ1n) is 13.6. The molecule has 1 unspecified atom stereocenters. The zero-order chi connectivity index (χ0) is 28.3. The molecule has 2 aromatic carbocycles. The zero-order valence-electron chi connectivity index (χ0n) is 22.9. The van der Waals surface area contributed by atoms with Gasteiger partial charge in [-0.2, -0.15) is 0 Å². The SMILES string of the molecule is CC(=O)NCC(Nc1ccc2c(c1)Sc1cccc(-c3cc(N4CCOCC4)cc(=O)[nH]3)c1S2)c1cccc(C)n1. The van der Waals surface area contributed by atoms with Gasteiger partial charge in [-0.05, 0) is 49.4 Å². The molecule has 6 rings (SSSR count). The Labute approximate surface area is 247 Å². The van der Waals surface area contributed by atoms with Crippen molar-refractivity contribution >= 4 is 40.8 Å². The minimum atomic E-state index is -0.174. The van der Waals surface area contributed by atoms with E-state index in [0.717, 1.165) is 66.7 Å². The van der Waals surface area contributed by atoms with Crippen molar-refractivity contribution in [1.29, 1.82) is 0 Å². The molecule has 41 heavy (non-hydrogen) atoms. The number of carbonyl (C=O) groups is 1. The molecule has 1 atom stereocenters. The molecule has 3 N–H and O–H groups in total. The van der Waals surface area contributed by atoms with Crippen LogP contribution in [0.5, 0.6) is 0 Å². The van der Waals surface area contributed by atoms with Crippen LogP contribution in [0.1, 0.15) is 24.4 Å². The van der Waals surface area contributed by atoms with Gasteiger partial charge in [0.15, 0.2) is 0 Å². The van der Waals surface area contributed by atoms with E-state index >= 15 is 0 Å². The molecule has 2 aliphatic heterocycles. The summed E-state index contributed by atoms with van der Waals surface area (Å²) in [5, 5.41) is 6.50. The van der Waals surface area contributed by atoms with E-state index < -0.39 is 0 Å². The monoisotopic (exact) mass is 585 g/mol. The van der Waals surface area contributed by atoms with E-state index in [1.807, 2.05) is 31.2 Å². The van der Waals surface area contributed by atoms with Crippen LogP contribution in [-0.2, 0) is 9.53 Å². The Morgan fingerprint density at radius 2 is 1.85 bits per heavy atom. The number of hydrogen-bond acceptors (Lipinski definition) is 8. The maximum Gasteiger partial charge on any atom is 0.250 e. The molecule has 0 spiro atoms. The van der Waals surface area contributed by atoms with Crippen molar-refractivity contribution in [2.24, 2.45) is 0 Å². The third-order valence-corrected chi connectivity index (χ3v) is 9.61. The van der Waals surface area contributed by atoms with Crippen molar-refractivity contribution in [3.05, 3.63) is 88.5 Å². The van der Waals surface area contributed by atoms with Gasteiger partial charge >= 0.3 is 0 Å². The number of aromatic amines is 1. The number of amides is 1. The summed E-state index contributed by atoms with van der Waals surface area (Å²) < 4.78 is 5.49. The third kappa shape index (κ3) is 6.29. The van der Waals surface area contributed by atoms with Gasteiger partial charge in [-0.15, -0.1) is 0 Å². The fourth-order valence-electron chi connectivity index (χ4n) is 5.02. The smallest absolute Gasteiger partial charge is 0.250 e.